The van der Waals surface area contributed by atoms with Crippen molar-refractivity contribution in [1.29, 1.82) is 0 Å². The Kier molecular flexibility index (Phi) is 6.47. The van der Waals surface area contributed by atoms with Crippen molar-refractivity contribution in [3.63, 3.8) is 0 Å². The highest BCUT2D eigenvalue weighted by Crippen LogP contribution is 2.25. The van der Waals surface area contributed by atoms with Crippen LogP contribution in [0.4, 0.5) is 0 Å². The lowest BCUT2D eigenvalue weighted by Gasteiger charge is -2.16. The molecule has 0 aliphatic carbocycles. The molecule has 1 amide bonds. The molecule has 0 radical (unpaired) electrons. The first-order chi connectivity index (χ1) is 8.54. The number of nitrogens with one attached hydrogen (secondary N) is 2. The second-order valence-corrected chi connectivity index (χ2v) is 4.90. The lowest BCUT2D eigenvalue weighted by Crippen LogP contribution is -2.29. The van der Waals surface area contributed by atoms with Gasteiger partial charge in [0.15, 0.2) is 0 Å². The Labute approximate surface area is 118 Å². The number of halogens is 2. The zero-order valence-corrected chi connectivity index (χ0v) is 12.1. The molecule has 1 aromatic carbocycles. The molecule has 100 valence electrons. The second kappa shape index (κ2) is 7.62. The van der Waals surface area contributed by atoms with Gasteiger partial charge in [-0.05, 0) is 31.2 Å². The minimum Gasteiger partial charge on any atom is -0.349 e. The predicted octanol–water partition coefficient (Wildman–Crippen LogP) is 3.17. The number of hydrogen-bond donors (Lipinski definition) is 2. The largest absolute Gasteiger partial charge is 0.349 e. The van der Waals surface area contributed by atoms with Crippen molar-refractivity contribution in [2.45, 2.75) is 26.3 Å². The smallest absolute Gasteiger partial charge is 0.221 e. The van der Waals surface area contributed by atoms with E-state index in [4.69, 9.17) is 23.2 Å². The van der Waals surface area contributed by atoms with Crippen LogP contribution in [0.25, 0.3) is 0 Å². The summed E-state index contributed by atoms with van der Waals surface area (Å²) in [6.45, 7) is 5.46. The van der Waals surface area contributed by atoms with E-state index in [0.717, 1.165) is 12.1 Å². The molecule has 1 unspecified atom stereocenters. The van der Waals surface area contributed by atoms with Crippen LogP contribution in [0.3, 0.4) is 0 Å². The van der Waals surface area contributed by atoms with Gasteiger partial charge in [0, 0.05) is 23.0 Å². The van der Waals surface area contributed by atoms with Gasteiger partial charge in [0.2, 0.25) is 5.91 Å². The lowest BCUT2D eigenvalue weighted by atomic mass is 10.1. The van der Waals surface area contributed by atoms with Crippen LogP contribution in [0.15, 0.2) is 18.2 Å². The van der Waals surface area contributed by atoms with E-state index in [0.29, 0.717) is 23.0 Å². The molecule has 3 nitrogen and oxygen atoms in total. The highest BCUT2D eigenvalue weighted by molar-refractivity contribution is 6.35. The standard InChI is InChI=1S/C13H18Cl2N2O/c1-3-16-7-6-13(18)17-9(2)11-5-4-10(14)8-12(11)15/h4-5,8-9,16H,3,6-7H2,1-2H3,(H,17,18). The zero-order valence-electron chi connectivity index (χ0n) is 10.6. The quantitative estimate of drug-likeness (QED) is 0.790. The first kappa shape index (κ1) is 15.3. The molecule has 0 saturated heterocycles. The second-order valence-electron chi connectivity index (χ2n) is 4.06. The molecule has 1 rings (SSSR count). The fourth-order valence-corrected chi connectivity index (χ4v) is 2.19. The van der Waals surface area contributed by atoms with Crippen LogP contribution in [-0.4, -0.2) is 19.0 Å². The molecule has 0 bridgehead atoms. The van der Waals surface area contributed by atoms with Crippen LogP contribution < -0.4 is 10.6 Å². The van der Waals surface area contributed by atoms with E-state index in [-0.39, 0.29) is 11.9 Å². The molecule has 5 heteroatoms. The Bertz CT molecular complexity index is 410. The molecule has 0 saturated carbocycles. The van der Waals surface area contributed by atoms with Gasteiger partial charge in [-0.3, -0.25) is 4.79 Å². The predicted molar refractivity (Wildman–Crippen MR) is 76.2 cm³/mol. The van der Waals surface area contributed by atoms with Gasteiger partial charge in [0.25, 0.3) is 0 Å². The molecule has 0 spiro atoms. The Balaban J connectivity index is 2.54. The van der Waals surface area contributed by atoms with Gasteiger partial charge in [0.05, 0.1) is 6.04 Å². The normalized spacial score (nSPS) is 12.2. The van der Waals surface area contributed by atoms with Gasteiger partial charge in [-0.15, -0.1) is 0 Å². The van der Waals surface area contributed by atoms with Crippen molar-refractivity contribution in [2.24, 2.45) is 0 Å². The van der Waals surface area contributed by atoms with Gasteiger partial charge in [-0.2, -0.15) is 0 Å². The number of carbonyl (C=O) groups excluding carboxylic acids is 1. The van der Waals surface area contributed by atoms with E-state index in [2.05, 4.69) is 10.6 Å². The Morgan fingerprint density at radius 2 is 2.11 bits per heavy atom. The monoisotopic (exact) mass is 288 g/mol. The summed E-state index contributed by atoms with van der Waals surface area (Å²) in [7, 11) is 0. The van der Waals surface area contributed by atoms with Crippen LogP contribution in [0.2, 0.25) is 10.0 Å². The fourth-order valence-electron chi connectivity index (χ4n) is 1.62. The van der Waals surface area contributed by atoms with Gasteiger partial charge in [0.1, 0.15) is 0 Å². The number of rotatable bonds is 6. The zero-order chi connectivity index (χ0) is 13.5. The van der Waals surface area contributed by atoms with Gasteiger partial charge < -0.3 is 10.6 Å². The number of hydrogen-bond acceptors (Lipinski definition) is 2. The van der Waals surface area contributed by atoms with Crippen LogP contribution in [-0.2, 0) is 4.79 Å². The number of benzene rings is 1. The summed E-state index contributed by atoms with van der Waals surface area (Å²) in [5, 5.41) is 7.18. The van der Waals surface area contributed by atoms with Crippen molar-refractivity contribution in [3.05, 3.63) is 33.8 Å². The van der Waals surface area contributed by atoms with E-state index in [1.54, 1.807) is 12.1 Å². The third kappa shape index (κ3) is 4.84. The maximum atomic E-state index is 11.7. The summed E-state index contributed by atoms with van der Waals surface area (Å²) in [5.74, 6) is 0.00877. The molecular weight excluding hydrogens is 271 g/mol. The van der Waals surface area contributed by atoms with Crippen molar-refractivity contribution in [3.8, 4) is 0 Å². The van der Waals surface area contributed by atoms with E-state index >= 15 is 0 Å². The molecule has 2 N–H and O–H groups in total. The molecule has 0 heterocycles. The topological polar surface area (TPSA) is 41.1 Å². The Hall–Kier alpha value is -0.770. The third-order valence-corrected chi connectivity index (χ3v) is 3.15. The molecule has 1 aromatic rings. The third-order valence-electron chi connectivity index (χ3n) is 2.59. The van der Waals surface area contributed by atoms with E-state index < -0.39 is 0 Å². The fraction of sp³-hybridized carbons (Fsp3) is 0.462. The van der Waals surface area contributed by atoms with Crippen LogP contribution >= 0.6 is 23.2 Å². The van der Waals surface area contributed by atoms with E-state index in [1.165, 1.54) is 0 Å². The van der Waals surface area contributed by atoms with Crippen LogP contribution in [0, 0.1) is 0 Å². The molecule has 1 atom stereocenters. The maximum Gasteiger partial charge on any atom is 0.221 e. The summed E-state index contributed by atoms with van der Waals surface area (Å²) in [4.78, 5) is 11.7. The van der Waals surface area contributed by atoms with Crippen molar-refractivity contribution in [1.82, 2.24) is 10.6 Å². The minimum absolute atomic E-state index is 0.00877. The van der Waals surface area contributed by atoms with Crippen molar-refractivity contribution in [2.75, 3.05) is 13.1 Å². The first-order valence-electron chi connectivity index (χ1n) is 5.99. The molecule has 0 aliphatic rings. The Morgan fingerprint density at radius 3 is 2.72 bits per heavy atom. The summed E-state index contributed by atoms with van der Waals surface area (Å²) < 4.78 is 0. The summed E-state index contributed by atoms with van der Waals surface area (Å²) in [5.41, 5.74) is 0.873. The number of amides is 1. The van der Waals surface area contributed by atoms with Crippen LogP contribution in [0.1, 0.15) is 31.9 Å². The van der Waals surface area contributed by atoms with Gasteiger partial charge in [-0.25, -0.2) is 0 Å². The first-order valence-corrected chi connectivity index (χ1v) is 6.75. The lowest BCUT2D eigenvalue weighted by molar-refractivity contribution is -0.121. The molecule has 0 aromatic heterocycles. The van der Waals surface area contributed by atoms with Gasteiger partial charge >= 0.3 is 0 Å². The molecular formula is C13H18Cl2N2O. The molecule has 0 fully saturated rings. The van der Waals surface area contributed by atoms with Crippen LogP contribution in [0.5, 0.6) is 0 Å². The summed E-state index contributed by atoms with van der Waals surface area (Å²) in [6, 6.07) is 5.16. The maximum absolute atomic E-state index is 11.7. The highest BCUT2D eigenvalue weighted by atomic mass is 35.5. The van der Waals surface area contributed by atoms with Crippen molar-refractivity contribution >= 4 is 29.1 Å². The molecule has 18 heavy (non-hydrogen) atoms. The van der Waals surface area contributed by atoms with E-state index in [9.17, 15) is 4.79 Å². The number of carbonyl (C=O) groups is 1. The Morgan fingerprint density at radius 1 is 1.39 bits per heavy atom. The summed E-state index contributed by atoms with van der Waals surface area (Å²) >= 11 is 11.9. The van der Waals surface area contributed by atoms with Crippen molar-refractivity contribution < 1.29 is 4.79 Å². The molecule has 0 aliphatic heterocycles. The van der Waals surface area contributed by atoms with E-state index in [1.807, 2.05) is 19.9 Å². The minimum atomic E-state index is -0.121. The SMILES string of the molecule is CCNCCC(=O)NC(C)c1ccc(Cl)cc1Cl. The average molecular weight is 289 g/mol. The van der Waals surface area contributed by atoms with Gasteiger partial charge in [-0.1, -0.05) is 36.2 Å². The average Bonchev–Trinajstić information content (AvgIpc) is 2.28. The summed E-state index contributed by atoms with van der Waals surface area (Å²) in [6.07, 6.45) is 0.462. The highest BCUT2D eigenvalue weighted by Gasteiger charge is 2.12.